The van der Waals surface area contributed by atoms with Crippen LogP contribution in [0.2, 0.25) is 0 Å². The summed E-state index contributed by atoms with van der Waals surface area (Å²) in [5.41, 5.74) is 0. The molecule has 2 rings (SSSR count). The van der Waals surface area contributed by atoms with E-state index in [1.807, 2.05) is 33.6 Å². The second-order valence-corrected chi connectivity index (χ2v) is 6.46. The molecule has 0 N–H and O–H groups in total. The summed E-state index contributed by atoms with van der Waals surface area (Å²) in [6, 6.07) is 0. The quantitative estimate of drug-likeness (QED) is 0.567. The van der Waals surface area contributed by atoms with Gasteiger partial charge in [0.15, 0.2) is 0 Å². The molecule has 2 nitrogen and oxygen atoms in total. The topological polar surface area (TPSA) is 6.48 Å². The first-order valence-electron chi connectivity index (χ1n) is 2.64. The Kier molecular flexibility index (Phi) is 1.82. The molecule has 0 aromatic carbocycles. The highest BCUT2D eigenvalue weighted by Gasteiger charge is 2.30. The molecule has 2 unspecified atom stereocenters. The highest BCUT2D eigenvalue weighted by Crippen LogP contribution is 2.65. The van der Waals surface area contributed by atoms with Crippen LogP contribution < -0.4 is 0 Å². The normalized spacial score (nSPS) is 35.8. The van der Waals surface area contributed by atoms with E-state index in [0.717, 1.165) is 0 Å². The molecule has 0 amide bonds. The smallest absolute Gasteiger partial charge is 0.136 e. The maximum atomic E-state index is 5.94. The Balaban J connectivity index is 2.23. The molecule has 10 heavy (non-hydrogen) atoms. The first kappa shape index (κ1) is 7.18. The minimum Gasteiger partial charge on any atom is -0.248 e. The van der Waals surface area contributed by atoms with Crippen LogP contribution in [-0.2, 0) is 0 Å². The van der Waals surface area contributed by atoms with Crippen molar-refractivity contribution < 1.29 is 0 Å². The van der Waals surface area contributed by atoms with E-state index in [2.05, 4.69) is 0 Å². The Labute approximate surface area is 71.2 Å². The molecule has 0 fully saturated rings. The van der Waals surface area contributed by atoms with Gasteiger partial charge in [-0.2, -0.15) is 0 Å². The summed E-state index contributed by atoms with van der Waals surface area (Å²) in [5.74, 6) is 3.94. The predicted octanol–water partition coefficient (Wildman–Crippen LogP) is 3.58. The zero-order valence-electron chi connectivity index (χ0n) is 4.85. The van der Waals surface area contributed by atoms with E-state index in [1.54, 1.807) is 0 Å². The molecule has 2 aliphatic heterocycles. The van der Waals surface area contributed by atoms with Gasteiger partial charge < -0.3 is 0 Å². The number of halogens is 2. The van der Waals surface area contributed by atoms with Crippen LogP contribution in [0.15, 0.2) is 24.0 Å². The van der Waals surface area contributed by atoms with Crippen molar-refractivity contribution in [3.8, 4) is 0 Å². The fourth-order valence-corrected chi connectivity index (χ4v) is 4.46. The van der Waals surface area contributed by atoms with Crippen molar-refractivity contribution in [1.29, 1.82) is 0 Å². The molecule has 0 saturated heterocycles. The number of fused-ring (bicyclic) bond motifs is 1. The Bertz CT molecular complexity index is 185. The third kappa shape index (κ3) is 0.950. The minimum absolute atomic E-state index is 0.636. The molecule has 2 aliphatic rings. The lowest BCUT2D eigenvalue weighted by molar-refractivity contribution is 0.364. The largest absolute Gasteiger partial charge is 0.248 e. The van der Waals surface area contributed by atoms with E-state index >= 15 is 0 Å². The van der Waals surface area contributed by atoms with E-state index in [4.69, 9.17) is 22.5 Å². The van der Waals surface area contributed by atoms with E-state index in [-0.39, 0.29) is 0 Å². The highest BCUT2D eigenvalue weighted by atomic mass is 35.7. The Morgan fingerprint density at radius 2 is 1.30 bits per heavy atom. The summed E-state index contributed by atoms with van der Waals surface area (Å²) in [5, 5.41) is 0. The van der Waals surface area contributed by atoms with Crippen LogP contribution in [0.5, 0.6) is 0 Å². The molecular weight excluding hydrogens is 209 g/mol. The molecular formula is C4H4Cl2N2P2. The van der Waals surface area contributed by atoms with Gasteiger partial charge in [0.2, 0.25) is 0 Å². The van der Waals surface area contributed by atoms with Gasteiger partial charge in [-0.1, -0.05) is 22.5 Å². The number of hydrogen-bond donors (Lipinski definition) is 0. The highest BCUT2D eigenvalue weighted by molar-refractivity contribution is 7.88. The van der Waals surface area contributed by atoms with Crippen LogP contribution >= 0.6 is 37.3 Å². The maximum Gasteiger partial charge on any atom is 0.136 e. The lowest BCUT2D eigenvalue weighted by Gasteiger charge is -2.24. The molecule has 0 spiro atoms. The SMILES string of the molecule is ClP1C=CN2N1C=CP2Cl. The molecule has 0 aromatic rings. The standard InChI is InChI=1S/C4H4Cl2N2P2/c5-9-3-1-7-8(9)2-4-10(7)6/h1-4H. The van der Waals surface area contributed by atoms with Gasteiger partial charge >= 0.3 is 0 Å². The average Bonchev–Trinajstić information content (AvgIpc) is 2.41. The lowest BCUT2D eigenvalue weighted by atomic mass is 11.0. The fourth-order valence-electron chi connectivity index (χ4n) is 0.805. The average molecular weight is 213 g/mol. The van der Waals surface area contributed by atoms with Gasteiger partial charge in [0, 0.05) is 12.4 Å². The van der Waals surface area contributed by atoms with Crippen molar-refractivity contribution in [2.75, 3.05) is 0 Å². The van der Waals surface area contributed by atoms with Gasteiger partial charge in [-0.25, -0.2) is 9.56 Å². The van der Waals surface area contributed by atoms with Crippen molar-refractivity contribution in [3.63, 3.8) is 0 Å². The first-order valence-corrected chi connectivity index (χ1v) is 7.17. The molecule has 0 radical (unpaired) electrons. The van der Waals surface area contributed by atoms with Gasteiger partial charge in [-0.3, -0.25) is 0 Å². The summed E-state index contributed by atoms with van der Waals surface area (Å²) in [7, 11) is -1.27. The predicted molar refractivity (Wildman–Crippen MR) is 47.5 cm³/mol. The van der Waals surface area contributed by atoms with Crippen molar-refractivity contribution in [2.45, 2.75) is 0 Å². The molecule has 2 heterocycles. The zero-order chi connectivity index (χ0) is 7.14. The van der Waals surface area contributed by atoms with Gasteiger partial charge in [0.1, 0.15) is 14.9 Å². The molecule has 6 heteroatoms. The number of hydrazine groups is 1. The van der Waals surface area contributed by atoms with Crippen LogP contribution in [0.4, 0.5) is 0 Å². The van der Waals surface area contributed by atoms with Crippen molar-refractivity contribution in [1.82, 2.24) is 9.56 Å². The summed E-state index contributed by atoms with van der Waals surface area (Å²) in [4.78, 5) is 0. The van der Waals surface area contributed by atoms with Crippen LogP contribution in [0.3, 0.4) is 0 Å². The molecule has 54 valence electrons. The minimum atomic E-state index is -0.636. The Morgan fingerprint density at radius 3 is 1.70 bits per heavy atom. The van der Waals surface area contributed by atoms with E-state index in [0.29, 0.717) is 0 Å². The summed E-state index contributed by atoms with van der Waals surface area (Å²) < 4.78 is 3.94. The lowest BCUT2D eigenvalue weighted by Crippen LogP contribution is -2.14. The second kappa shape index (κ2) is 2.53. The molecule has 0 aromatic heterocycles. The summed E-state index contributed by atoms with van der Waals surface area (Å²) in [6.45, 7) is 0. The number of hydrogen-bond acceptors (Lipinski definition) is 2. The van der Waals surface area contributed by atoms with Gasteiger partial charge in [0.05, 0.1) is 0 Å². The molecule has 0 saturated carbocycles. The monoisotopic (exact) mass is 212 g/mol. The van der Waals surface area contributed by atoms with E-state index < -0.39 is 14.9 Å². The number of nitrogens with zero attached hydrogens (tertiary/aromatic N) is 2. The third-order valence-corrected chi connectivity index (χ3v) is 5.19. The van der Waals surface area contributed by atoms with Crippen LogP contribution in [0.1, 0.15) is 0 Å². The van der Waals surface area contributed by atoms with Gasteiger partial charge in [0.25, 0.3) is 0 Å². The fraction of sp³-hybridized carbons (Fsp3) is 0. The van der Waals surface area contributed by atoms with E-state index in [9.17, 15) is 0 Å². The van der Waals surface area contributed by atoms with Crippen LogP contribution in [-0.4, -0.2) is 9.56 Å². The maximum absolute atomic E-state index is 5.94. The zero-order valence-corrected chi connectivity index (χ0v) is 8.15. The number of rotatable bonds is 0. The summed E-state index contributed by atoms with van der Waals surface area (Å²) in [6.07, 6.45) is 3.88. The van der Waals surface area contributed by atoms with Crippen molar-refractivity contribution >= 4 is 37.3 Å². The van der Waals surface area contributed by atoms with E-state index in [1.165, 1.54) is 0 Å². The molecule has 0 aliphatic carbocycles. The summed E-state index contributed by atoms with van der Waals surface area (Å²) >= 11 is 11.9. The second-order valence-electron chi connectivity index (χ2n) is 1.81. The van der Waals surface area contributed by atoms with Crippen molar-refractivity contribution in [3.05, 3.63) is 24.0 Å². The third-order valence-electron chi connectivity index (χ3n) is 1.25. The molecule has 2 atom stereocenters. The van der Waals surface area contributed by atoms with Crippen LogP contribution in [0, 0.1) is 0 Å². The first-order chi connectivity index (χ1) is 4.79. The Morgan fingerprint density at radius 1 is 0.900 bits per heavy atom. The van der Waals surface area contributed by atoms with Gasteiger partial charge in [-0.05, 0) is 11.6 Å². The Hall–Kier alpha value is 0.520. The van der Waals surface area contributed by atoms with Crippen LogP contribution in [0.25, 0.3) is 0 Å². The van der Waals surface area contributed by atoms with Gasteiger partial charge in [-0.15, -0.1) is 0 Å². The van der Waals surface area contributed by atoms with Crippen molar-refractivity contribution in [2.24, 2.45) is 0 Å². The molecule has 0 bridgehead atoms.